The van der Waals surface area contributed by atoms with Gasteiger partial charge in [0.1, 0.15) is 5.82 Å². The minimum Gasteiger partial charge on any atom is -0.388 e. The summed E-state index contributed by atoms with van der Waals surface area (Å²) in [4.78, 5) is 24.8. The number of amides is 2. The first-order valence-electron chi connectivity index (χ1n) is 7.06. The molecule has 1 aromatic rings. The van der Waals surface area contributed by atoms with E-state index < -0.39 is 23.2 Å². The second-order valence-corrected chi connectivity index (χ2v) is 6.00. The molecule has 0 saturated carbocycles. The monoisotopic (exact) mass is 328 g/mol. The molecular formula is C15H18ClFN2O3. The summed E-state index contributed by atoms with van der Waals surface area (Å²) < 4.78 is 13.5. The molecule has 0 spiro atoms. The second kappa shape index (κ2) is 6.62. The molecule has 0 aromatic heterocycles. The fraction of sp³-hybridized carbons (Fsp3) is 0.467. The van der Waals surface area contributed by atoms with E-state index in [2.05, 4.69) is 0 Å². The van der Waals surface area contributed by atoms with Crippen molar-refractivity contribution in [3.63, 3.8) is 0 Å². The zero-order valence-corrected chi connectivity index (χ0v) is 12.8. The summed E-state index contributed by atoms with van der Waals surface area (Å²) in [6.07, 6.45) is 1.33. The predicted octanol–water partition coefficient (Wildman–Crippen LogP) is 1.71. The molecule has 1 saturated heterocycles. The molecule has 120 valence electrons. The van der Waals surface area contributed by atoms with Gasteiger partial charge in [-0.25, -0.2) is 4.39 Å². The largest absolute Gasteiger partial charge is 0.388 e. The van der Waals surface area contributed by atoms with Crippen LogP contribution in [0.2, 0.25) is 5.02 Å². The maximum Gasteiger partial charge on any atom is 0.255 e. The van der Waals surface area contributed by atoms with Crippen LogP contribution in [0.1, 0.15) is 36.0 Å². The summed E-state index contributed by atoms with van der Waals surface area (Å²) in [5, 5.41) is 10.3. The van der Waals surface area contributed by atoms with Gasteiger partial charge >= 0.3 is 0 Å². The number of β-amino-alcohol motifs (C(OH)–C–C–N with tert-alkyl or cyclic N) is 1. The van der Waals surface area contributed by atoms with Gasteiger partial charge in [-0.2, -0.15) is 0 Å². The van der Waals surface area contributed by atoms with Crippen LogP contribution >= 0.6 is 11.6 Å². The van der Waals surface area contributed by atoms with Crippen molar-refractivity contribution in [3.05, 3.63) is 34.6 Å². The number of carbonyl (C=O) groups excluding carboxylic acids is 2. The van der Waals surface area contributed by atoms with E-state index in [1.165, 1.54) is 23.1 Å². The number of hydrogen-bond acceptors (Lipinski definition) is 3. The first kappa shape index (κ1) is 16.7. The van der Waals surface area contributed by atoms with Gasteiger partial charge in [0.2, 0.25) is 5.91 Å². The standard InChI is InChI=1S/C15H18ClFN2O3/c16-13-10(3-1-4-11(13)17)14(21)19-8-2-6-15(22,9-19)7-5-12(18)20/h1,3-4,22H,2,5-9H2,(H2,18,20). The van der Waals surface area contributed by atoms with Crippen LogP contribution in [0.3, 0.4) is 0 Å². The Bertz CT molecular complexity index is 596. The Morgan fingerprint density at radius 2 is 2.18 bits per heavy atom. The average molecular weight is 329 g/mol. The normalized spacial score (nSPS) is 21.7. The highest BCUT2D eigenvalue weighted by Crippen LogP contribution is 2.28. The van der Waals surface area contributed by atoms with Crippen molar-refractivity contribution in [2.24, 2.45) is 5.73 Å². The Labute approximate surface area is 132 Å². The SMILES string of the molecule is NC(=O)CCC1(O)CCCN(C(=O)c2cccc(F)c2Cl)C1. The lowest BCUT2D eigenvalue weighted by molar-refractivity contribution is -0.120. The lowest BCUT2D eigenvalue weighted by Crippen LogP contribution is -2.50. The van der Waals surface area contributed by atoms with Gasteiger partial charge in [-0.1, -0.05) is 17.7 Å². The highest BCUT2D eigenvalue weighted by Gasteiger charge is 2.36. The van der Waals surface area contributed by atoms with Crippen LogP contribution in [0.4, 0.5) is 4.39 Å². The van der Waals surface area contributed by atoms with E-state index in [9.17, 15) is 19.1 Å². The van der Waals surface area contributed by atoms with Gasteiger partial charge in [0.05, 0.1) is 16.2 Å². The third-order valence-electron chi connectivity index (χ3n) is 3.86. The number of primary amides is 1. The van der Waals surface area contributed by atoms with E-state index in [4.69, 9.17) is 17.3 Å². The van der Waals surface area contributed by atoms with Crippen molar-refractivity contribution in [1.82, 2.24) is 4.90 Å². The molecule has 1 unspecified atom stereocenters. The average Bonchev–Trinajstić information content (AvgIpc) is 2.47. The highest BCUT2D eigenvalue weighted by atomic mass is 35.5. The van der Waals surface area contributed by atoms with E-state index in [0.717, 1.165) is 0 Å². The summed E-state index contributed by atoms with van der Waals surface area (Å²) >= 11 is 5.83. The first-order valence-corrected chi connectivity index (χ1v) is 7.44. The van der Waals surface area contributed by atoms with Crippen LogP contribution in [0.25, 0.3) is 0 Å². The van der Waals surface area contributed by atoms with Crippen LogP contribution in [-0.2, 0) is 4.79 Å². The number of likely N-dealkylation sites (tertiary alicyclic amines) is 1. The second-order valence-electron chi connectivity index (χ2n) is 5.62. The van der Waals surface area contributed by atoms with Gasteiger partial charge in [0, 0.05) is 19.5 Å². The van der Waals surface area contributed by atoms with Crippen molar-refractivity contribution in [2.75, 3.05) is 13.1 Å². The molecule has 7 heteroatoms. The van der Waals surface area contributed by atoms with Crippen molar-refractivity contribution >= 4 is 23.4 Å². The number of halogens is 2. The Balaban J connectivity index is 2.13. The number of carbonyl (C=O) groups is 2. The molecule has 1 aromatic carbocycles. The Hall–Kier alpha value is -1.66. The van der Waals surface area contributed by atoms with Gasteiger partial charge in [0.15, 0.2) is 0 Å². The minimum absolute atomic E-state index is 0.0548. The fourth-order valence-electron chi connectivity index (χ4n) is 2.68. The smallest absolute Gasteiger partial charge is 0.255 e. The summed E-state index contributed by atoms with van der Waals surface area (Å²) in [5.74, 6) is -1.58. The molecule has 1 aliphatic heterocycles. The zero-order chi connectivity index (χ0) is 16.3. The number of benzene rings is 1. The van der Waals surface area contributed by atoms with Gasteiger partial charge in [-0.3, -0.25) is 9.59 Å². The van der Waals surface area contributed by atoms with Crippen LogP contribution in [0.15, 0.2) is 18.2 Å². The van der Waals surface area contributed by atoms with Crippen molar-refractivity contribution < 1.29 is 19.1 Å². The number of piperidine rings is 1. The summed E-state index contributed by atoms with van der Waals surface area (Å²) in [7, 11) is 0. The minimum atomic E-state index is -1.15. The molecule has 3 N–H and O–H groups in total. The molecule has 2 rings (SSSR count). The van der Waals surface area contributed by atoms with Crippen LogP contribution < -0.4 is 5.73 Å². The summed E-state index contributed by atoms with van der Waals surface area (Å²) in [6, 6.07) is 4.04. The van der Waals surface area contributed by atoms with E-state index in [1.54, 1.807) is 0 Å². The van der Waals surface area contributed by atoms with Crippen LogP contribution in [0.5, 0.6) is 0 Å². The lowest BCUT2D eigenvalue weighted by Gasteiger charge is -2.39. The van der Waals surface area contributed by atoms with Crippen molar-refractivity contribution in [3.8, 4) is 0 Å². The lowest BCUT2D eigenvalue weighted by atomic mass is 9.88. The highest BCUT2D eigenvalue weighted by molar-refractivity contribution is 6.34. The van der Waals surface area contributed by atoms with Gasteiger partial charge in [0.25, 0.3) is 5.91 Å². The summed E-state index contributed by atoms with van der Waals surface area (Å²) in [5.41, 5.74) is 4.02. The molecule has 0 bridgehead atoms. The van der Waals surface area contributed by atoms with E-state index in [1.807, 2.05) is 0 Å². The maximum absolute atomic E-state index is 13.5. The number of nitrogens with two attached hydrogens (primary N) is 1. The first-order chi connectivity index (χ1) is 10.3. The van der Waals surface area contributed by atoms with Crippen molar-refractivity contribution in [2.45, 2.75) is 31.3 Å². The van der Waals surface area contributed by atoms with Crippen LogP contribution in [-0.4, -0.2) is 40.5 Å². The molecule has 5 nitrogen and oxygen atoms in total. The van der Waals surface area contributed by atoms with Crippen molar-refractivity contribution in [1.29, 1.82) is 0 Å². The molecule has 1 aliphatic rings. The van der Waals surface area contributed by atoms with Crippen LogP contribution in [0, 0.1) is 5.82 Å². The Kier molecular flexibility index (Phi) is 5.03. The molecule has 0 radical (unpaired) electrons. The molecular weight excluding hydrogens is 311 g/mol. The molecule has 1 fully saturated rings. The molecule has 2 amide bonds. The Morgan fingerprint density at radius 3 is 2.86 bits per heavy atom. The topological polar surface area (TPSA) is 83.6 Å². The Morgan fingerprint density at radius 1 is 1.45 bits per heavy atom. The van der Waals surface area contributed by atoms with E-state index in [0.29, 0.717) is 19.4 Å². The molecule has 1 heterocycles. The predicted molar refractivity (Wildman–Crippen MR) is 79.9 cm³/mol. The number of nitrogens with zero attached hydrogens (tertiary/aromatic N) is 1. The molecule has 22 heavy (non-hydrogen) atoms. The van der Waals surface area contributed by atoms with E-state index in [-0.39, 0.29) is 30.0 Å². The number of hydrogen-bond donors (Lipinski definition) is 2. The van der Waals surface area contributed by atoms with Gasteiger partial charge in [-0.15, -0.1) is 0 Å². The van der Waals surface area contributed by atoms with E-state index >= 15 is 0 Å². The quantitative estimate of drug-likeness (QED) is 0.882. The van der Waals surface area contributed by atoms with Gasteiger partial charge in [-0.05, 0) is 31.4 Å². The summed E-state index contributed by atoms with van der Waals surface area (Å²) in [6.45, 7) is 0.524. The number of aliphatic hydroxyl groups is 1. The molecule has 0 aliphatic carbocycles. The molecule has 1 atom stereocenters. The third kappa shape index (κ3) is 3.75. The zero-order valence-electron chi connectivity index (χ0n) is 12.0. The fourth-order valence-corrected chi connectivity index (χ4v) is 2.89. The maximum atomic E-state index is 13.5. The van der Waals surface area contributed by atoms with Gasteiger partial charge < -0.3 is 15.7 Å². The number of rotatable bonds is 4. The third-order valence-corrected chi connectivity index (χ3v) is 4.25.